The van der Waals surface area contributed by atoms with Crippen molar-refractivity contribution < 1.29 is 4.79 Å². The Hall–Kier alpha value is -1.78. The zero-order valence-electron chi connectivity index (χ0n) is 10.4. The Kier molecular flexibility index (Phi) is 5.26. The molecule has 5 heteroatoms. The van der Waals surface area contributed by atoms with Crippen molar-refractivity contribution in [3.05, 3.63) is 18.5 Å². The number of nitrogens with two attached hydrogens (primary N) is 1. The monoisotopic (exact) mass is 236 g/mol. The lowest BCUT2D eigenvalue weighted by Crippen LogP contribution is -2.32. The number of carbonyl (C=O) groups excluding carboxylic acids is 1. The van der Waals surface area contributed by atoms with Crippen LogP contribution in [-0.2, 0) is 4.79 Å². The molecule has 0 fully saturated rings. The average Bonchev–Trinajstić information content (AvgIpc) is 2.31. The minimum Gasteiger partial charge on any atom is -0.396 e. The van der Waals surface area contributed by atoms with Crippen LogP contribution in [0.5, 0.6) is 0 Å². The van der Waals surface area contributed by atoms with Crippen molar-refractivity contribution in [2.45, 2.75) is 32.7 Å². The number of aromatic nitrogens is 1. The van der Waals surface area contributed by atoms with E-state index in [1.165, 1.54) is 0 Å². The zero-order valence-corrected chi connectivity index (χ0v) is 10.4. The van der Waals surface area contributed by atoms with Gasteiger partial charge in [0.25, 0.3) is 0 Å². The Morgan fingerprint density at radius 2 is 2.35 bits per heavy atom. The summed E-state index contributed by atoms with van der Waals surface area (Å²) >= 11 is 0. The molecule has 0 spiro atoms. The molecule has 1 rings (SSSR count). The molecule has 0 saturated heterocycles. The van der Waals surface area contributed by atoms with Crippen molar-refractivity contribution in [1.82, 2.24) is 10.3 Å². The van der Waals surface area contributed by atoms with Crippen LogP contribution in [0.25, 0.3) is 0 Å². The minimum absolute atomic E-state index is 0.0551. The SMILES string of the molecule is CCC(C)NC(=O)CCNc1ccncc1N. The number of hydrogen-bond donors (Lipinski definition) is 3. The molecular weight excluding hydrogens is 216 g/mol. The Balaban J connectivity index is 2.29. The standard InChI is InChI=1S/C12H20N4O/c1-3-9(2)16-12(17)5-7-15-11-4-6-14-8-10(11)13/h4,6,8-9H,3,5,7,13H2,1-2H3,(H,14,15)(H,16,17). The lowest BCUT2D eigenvalue weighted by atomic mass is 10.2. The van der Waals surface area contributed by atoms with Crippen molar-refractivity contribution in [2.24, 2.45) is 0 Å². The van der Waals surface area contributed by atoms with Crippen molar-refractivity contribution in [3.8, 4) is 0 Å². The maximum atomic E-state index is 11.5. The van der Waals surface area contributed by atoms with E-state index in [1.807, 2.05) is 13.8 Å². The first-order valence-corrected chi connectivity index (χ1v) is 5.86. The predicted octanol–water partition coefficient (Wildman–Crippen LogP) is 1.38. The van der Waals surface area contributed by atoms with Gasteiger partial charge in [-0.2, -0.15) is 0 Å². The first-order chi connectivity index (χ1) is 8.13. The fourth-order valence-corrected chi connectivity index (χ4v) is 1.33. The fourth-order valence-electron chi connectivity index (χ4n) is 1.33. The molecule has 1 aromatic heterocycles. The van der Waals surface area contributed by atoms with E-state index in [9.17, 15) is 4.79 Å². The maximum Gasteiger partial charge on any atom is 0.221 e. The maximum absolute atomic E-state index is 11.5. The summed E-state index contributed by atoms with van der Waals surface area (Å²) in [5.41, 5.74) is 7.12. The quantitative estimate of drug-likeness (QED) is 0.697. The van der Waals surface area contributed by atoms with E-state index in [4.69, 9.17) is 5.73 Å². The number of amides is 1. The Bertz CT molecular complexity index is 367. The van der Waals surface area contributed by atoms with Crippen LogP contribution in [0.3, 0.4) is 0 Å². The Morgan fingerprint density at radius 3 is 3.00 bits per heavy atom. The molecule has 1 atom stereocenters. The molecule has 5 nitrogen and oxygen atoms in total. The third-order valence-corrected chi connectivity index (χ3v) is 2.54. The van der Waals surface area contributed by atoms with Gasteiger partial charge in [-0.15, -0.1) is 0 Å². The molecule has 1 amide bonds. The van der Waals surface area contributed by atoms with Crippen molar-refractivity contribution >= 4 is 17.3 Å². The van der Waals surface area contributed by atoms with Crippen molar-refractivity contribution in [1.29, 1.82) is 0 Å². The largest absolute Gasteiger partial charge is 0.396 e. The molecule has 0 aliphatic carbocycles. The molecule has 0 saturated carbocycles. The first-order valence-electron chi connectivity index (χ1n) is 5.86. The van der Waals surface area contributed by atoms with E-state index in [2.05, 4.69) is 15.6 Å². The fraction of sp³-hybridized carbons (Fsp3) is 0.500. The molecule has 1 unspecified atom stereocenters. The molecule has 0 aromatic carbocycles. The second kappa shape index (κ2) is 6.73. The van der Waals surface area contributed by atoms with Gasteiger partial charge in [0.05, 0.1) is 17.6 Å². The van der Waals surface area contributed by atoms with Crippen LogP contribution < -0.4 is 16.4 Å². The summed E-state index contributed by atoms with van der Waals surface area (Å²) in [5, 5.41) is 6.02. The molecule has 94 valence electrons. The minimum atomic E-state index is 0.0551. The highest BCUT2D eigenvalue weighted by Gasteiger charge is 2.05. The zero-order chi connectivity index (χ0) is 12.7. The second-order valence-electron chi connectivity index (χ2n) is 4.02. The highest BCUT2D eigenvalue weighted by molar-refractivity contribution is 5.77. The molecule has 4 N–H and O–H groups in total. The van der Waals surface area contributed by atoms with Gasteiger partial charge < -0.3 is 16.4 Å². The lowest BCUT2D eigenvalue weighted by molar-refractivity contribution is -0.121. The predicted molar refractivity (Wildman–Crippen MR) is 69.7 cm³/mol. The van der Waals surface area contributed by atoms with Crippen LogP contribution in [0.1, 0.15) is 26.7 Å². The normalized spacial score (nSPS) is 11.9. The third-order valence-electron chi connectivity index (χ3n) is 2.54. The molecule has 17 heavy (non-hydrogen) atoms. The number of anilines is 2. The molecule has 0 aliphatic rings. The van der Waals surface area contributed by atoms with Crippen LogP contribution in [0.15, 0.2) is 18.5 Å². The van der Waals surface area contributed by atoms with Gasteiger partial charge in [0.1, 0.15) is 0 Å². The topological polar surface area (TPSA) is 80.0 Å². The molecule has 0 aliphatic heterocycles. The van der Waals surface area contributed by atoms with Crippen molar-refractivity contribution in [3.63, 3.8) is 0 Å². The van der Waals surface area contributed by atoms with E-state index in [1.54, 1.807) is 18.5 Å². The molecule has 1 aromatic rings. The van der Waals surface area contributed by atoms with Gasteiger partial charge in [-0.25, -0.2) is 0 Å². The summed E-state index contributed by atoms with van der Waals surface area (Å²) in [6, 6.07) is 2.02. The van der Waals surface area contributed by atoms with Gasteiger partial charge in [0.15, 0.2) is 0 Å². The van der Waals surface area contributed by atoms with E-state index < -0.39 is 0 Å². The van der Waals surface area contributed by atoms with Gasteiger partial charge in [-0.1, -0.05) is 6.92 Å². The number of nitrogens with zero attached hydrogens (tertiary/aromatic N) is 1. The van der Waals surface area contributed by atoms with Gasteiger partial charge in [0, 0.05) is 25.2 Å². The van der Waals surface area contributed by atoms with Gasteiger partial charge in [-0.3, -0.25) is 9.78 Å². The number of nitrogen functional groups attached to an aromatic ring is 1. The summed E-state index contributed by atoms with van der Waals surface area (Å²) in [7, 11) is 0. The molecule has 0 radical (unpaired) electrons. The number of pyridine rings is 1. The van der Waals surface area contributed by atoms with Crippen LogP contribution in [0.2, 0.25) is 0 Å². The van der Waals surface area contributed by atoms with E-state index >= 15 is 0 Å². The number of nitrogens with one attached hydrogen (secondary N) is 2. The van der Waals surface area contributed by atoms with Crippen molar-refractivity contribution in [2.75, 3.05) is 17.6 Å². The Morgan fingerprint density at radius 1 is 1.59 bits per heavy atom. The summed E-state index contributed by atoms with van der Waals surface area (Å²) in [6.07, 6.45) is 4.63. The summed E-state index contributed by atoms with van der Waals surface area (Å²) in [6.45, 7) is 4.60. The van der Waals surface area contributed by atoms with Crippen LogP contribution in [0.4, 0.5) is 11.4 Å². The third kappa shape index (κ3) is 4.72. The Labute approximate surface area is 102 Å². The summed E-state index contributed by atoms with van der Waals surface area (Å²) in [5.74, 6) is 0.0551. The van der Waals surface area contributed by atoms with E-state index in [0.29, 0.717) is 18.7 Å². The molecule has 0 bridgehead atoms. The summed E-state index contributed by atoms with van der Waals surface area (Å²) < 4.78 is 0. The number of hydrogen-bond acceptors (Lipinski definition) is 4. The highest BCUT2D eigenvalue weighted by atomic mass is 16.1. The first kappa shape index (κ1) is 13.3. The summed E-state index contributed by atoms with van der Waals surface area (Å²) in [4.78, 5) is 15.4. The molecular formula is C12H20N4O. The second-order valence-corrected chi connectivity index (χ2v) is 4.02. The lowest BCUT2D eigenvalue weighted by Gasteiger charge is -2.12. The van der Waals surface area contributed by atoms with Gasteiger partial charge >= 0.3 is 0 Å². The smallest absolute Gasteiger partial charge is 0.221 e. The number of rotatable bonds is 6. The highest BCUT2D eigenvalue weighted by Crippen LogP contribution is 2.14. The van der Waals surface area contributed by atoms with Gasteiger partial charge in [-0.05, 0) is 19.4 Å². The van der Waals surface area contributed by atoms with Crippen LogP contribution >= 0.6 is 0 Å². The van der Waals surface area contributed by atoms with E-state index in [0.717, 1.165) is 12.1 Å². The number of carbonyl (C=O) groups is 1. The average molecular weight is 236 g/mol. The van der Waals surface area contributed by atoms with Crippen LogP contribution in [0, 0.1) is 0 Å². The van der Waals surface area contributed by atoms with Crippen LogP contribution in [-0.4, -0.2) is 23.5 Å². The van der Waals surface area contributed by atoms with E-state index in [-0.39, 0.29) is 11.9 Å². The molecule has 1 heterocycles. The van der Waals surface area contributed by atoms with Gasteiger partial charge in [0.2, 0.25) is 5.91 Å².